The smallest absolute Gasteiger partial charge is 0.0991 e. The number of aromatic nitrogens is 2. The number of benzene rings is 1. The zero-order chi connectivity index (χ0) is 11.5. The van der Waals surface area contributed by atoms with Gasteiger partial charge in [0.15, 0.2) is 0 Å². The van der Waals surface area contributed by atoms with E-state index in [1.54, 1.807) is 0 Å². The molecule has 0 radical (unpaired) electrons. The molecule has 0 N–H and O–H groups in total. The third-order valence-electron chi connectivity index (χ3n) is 2.41. The molecule has 0 unspecified atom stereocenters. The number of aryl methyl sites for hydroxylation is 1. The van der Waals surface area contributed by atoms with Crippen LogP contribution in [0.2, 0.25) is 0 Å². The molecule has 0 spiro atoms. The first kappa shape index (κ1) is 11.1. The van der Waals surface area contributed by atoms with Crippen LogP contribution in [0.3, 0.4) is 0 Å². The van der Waals surface area contributed by atoms with E-state index >= 15 is 0 Å². The zero-order valence-electron chi connectivity index (χ0n) is 8.81. The van der Waals surface area contributed by atoms with Gasteiger partial charge in [-0.15, -0.1) is 0 Å². The van der Waals surface area contributed by atoms with E-state index in [1.807, 2.05) is 42.2 Å². The quantitative estimate of drug-likeness (QED) is 0.798. The standard InChI is InChI=1S/C12H10IN3/c1-9-4-10(5-14)2-3-11(9)7-16-8-12(13)6-15-16/h2-4,6,8H,7H2,1H3. The van der Waals surface area contributed by atoms with Crippen molar-refractivity contribution in [2.45, 2.75) is 13.5 Å². The maximum absolute atomic E-state index is 8.78. The number of nitrogens with zero attached hydrogens (tertiary/aromatic N) is 3. The number of hydrogen-bond acceptors (Lipinski definition) is 2. The summed E-state index contributed by atoms with van der Waals surface area (Å²) in [4.78, 5) is 0. The van der Waals surface area contributed by atoms with Gasteiger partial charge in [0.1, 0.15) is 0 Å². The summed E-state index contributed by atoms with van der Waals surface area (Å²) in [5, 5.41) is 13.0. The molecule has 1 aromatic carbocycles. The molecule has 0 aliphatic rings. The second-order valence-corrected chi connectivity index (χ2v) is 4.85. The second kappa shape index (κ2) is 4.66. The first-order valence-electron chi connectivity index (χ1n) is 4.86. The summed E-state index contributed by atoms with van der Waals surface area (Å²) in [6.07, 6.45) is 3.83. The molecule has 4 heteroatoms. The van der Waals surface area contributed by atoms with Crippen LogP contribution in [0.4, 0.5) is 0 Å². The molecule has 3 nitrogen and oxygen atoms in total. The average molecular weight is 323 g/mol. The van der Waals surface area contributed by atoms with Gasteiger partial charge in [-0.25, -0.2) is 0 Å². The number of hydrogen-bond donors (Lipinski definition) is 0. The summed E-state index contributed by atoms with van der Waals surface area (Å²) in [6.45, 7) is 2.77. The number of halogens is 1. The Morgan fingerprint density at radius 3 is 2.88 bits per heavy atom. The van der Waals surface area contributed by atoms with Crippen molar-refractivity contribution >= 4 is 22.6 Å². The van der Waals surface area contributed by atoms with Crippen molar-refractivity contribution in [3.63, 3.8) is 0 Å². The van der Waals surface area contributed by atoms with Gasteiger partial charge in [0.25, 0.3) is 0 Å². The molecule has 0 fully saturated rings. The average Bonchev–Trinajstić information content (AvgIpc) is 2.67. The Morgan fingerprint density at radius 1 is 1.50 bits per heavy atom. The summed E-state index contributed by atoms with van der Waals surface area (Å²) in [6, 6.07) is 7.88. The Balaban J connectivity index is 2.26. The van der Waals surface area contributed by atoms with Gasteiger partial charge in [0.2, 0.25) is 0 Å². The Bertz CT molecular complexity index is 552. The summed E-state index contributed by atoms with van der Waals surface area (Å²) >= 11 is 2.24. The van der Waals surface area contributed by atoms with Crippen LogP contribution in [0, 0.1) is 21.8 Å². The molecule has 1 heterocycles. The van der Waals surface area contributed by atoms with E-state index in [4.69, 9.17) is 5.26 Å². The van der Waals surface area contributed by atoms with Gasteiger partial charge in [-0.1, -0.05) is 6.07 Å². The van der Waals surface area contributed by atoms with E-state index in [-0.39, 0.29) is 0 Å². The van der Waals surface area contributed by atoms with Crippen LogP contribution in [0.1, 0.15) is 16.7 Å². The van der Waals surface area contributed by atoms with Crippen LogP contribution in [-0.2, 0) is 6.54 Å². The molecular weight excluding hydrogens is 313 g/mol. The third kappa shape index (κ3) is 2.42. The fraction of sp³-hybridized carbons (Fsp3) is 0.167. The lowest BCUT2D eigenvalue weighted by Crippen LogP contribution is -2.01. The Labute approximate surface area is 108 Å². The van der Waals surface area contributed by atoms with Gasteiger partial charge in [0, 0.05) is 6.20 Å². The molecule has 0 saturated carbocycles. The molecule has 2 rings (SSSR count). The number of rotatable bonds is 2. The minimum absolute atomic E-state index is 0.705. The second-order valence-electron chi connectivity index (χ2n) is 3.61. The van der Waals surface area contributed by atoms with Gasteiger partial charge in [0.05, 0.1) is 27.9 Å². The monoisotopic (exact) mass is 323 g/mol. The normalized spacial score (nSPS) is 10.1. The van der Waals surface area contributed by atoms with Gasteiger partial charge < -0.3 is 0 Å². The Morgan fingerprint density at radius 2 is 2.31 bits per heavy atom. The molecule has 0 aliphatic heterocycles. The zero-order valence-corrected chi connectivity index (χ0v) is 11.0. The van der Waals surface area contributed by atoms with Crippen molar-refractivity contribution in [3.8, 4) is 6.07 Å². The van der Waals surface area contributed by atoms with E-state index in [1.165, 1.54) is 5.56 Å². The van der Waals surface area contributed by atoms with E-state index < -0.39 is 0 Å². The van der Waals surface area contributed by atoms with Crippen molar-refractivity contribution in [1.82, 2.24) is 9.78 Å². The maximum Gasteiger partial charge on any atom is 0.0991 e. The molecule has 0 aliphatic carbocycles. The first-order chi connectivity index (χ1) is 7.69. The lowest BCUT2D eigenvalue weighted by Gasteiger charge is -2.06. The molecule has 16 heavy (non-hydrogen) atoms. The van der Waals surface area contributed by atoms with Crippen LogP contribution in [0.15, 0.2) is 30.6 Å². The highest BCUT2D eigenvalue weighted by atomic mass is 127. The van der Waals surface area contributed by atoms with E-state index in [9.17, 15) is 0 Å². The van der Waals surface area contributed by atoms with Crippen LogP contribution in [0.5, 0.6) is 0 Å². The van der Waals surface area contributed by atoms with Gasteiger partial charge in [-0.2, -0.15) is 10.4 Å². The topological polar surface area (TPSA) is 41.6 Å². The van der Waals surface area contributed by atoms with E-state index in [0.29, 0.717) is 5.56 Å². The summed E-state index contributed by atoms with van der Waals surface area (Å²) in [7, 11) is 0. The Kier molecular flexibility index (Phi) is 3.25. The SMILES string of the molecule is Cc1cc(C#N)ccc1Cn1cc(I)cn1. The van der Waals surface area contributed by atoms with Crippen molar-refractivity contribution in [3.05, 3.63) is 50.9 Å². The lowest BCUT2D eigenvalue weighted by atomic mass is 10.1. The molecular formula is C12H10IN3. The lowest BCUT2D eigenvalue weighted by molar-refractivity contribution is 0.683. The largest absolute Gasteiger partial charge is 0.267 e. The molecule has 0 amide bonds. The minimum atomic E-state index is 0.705. The molecule has 2 aromatic rings. The van der Waals surface area contributed by atoms with Gasteiger partial charge >= 0.3 is 0 Å². The summed E-state index contributed by atoms with van der Waals surface area (Å²) < 4.78 is 3.03. The molecule has 1 aromatic heterocycles. The Hall–Kier alpha value is -1.35. The fourth-order valence-corrected chi connectivity index (χ4v) is 1.99. The highest BCUT2D eigenvalue weighted by molar-refractivity contribution is 14.1. The highest BCUT2D eigenvalue weighted by Crippen LogP contribution is 2.12. The molecule has 0 saturated heterocycles. The molecule has 0 atom stereocenters. The maximum atomic E-state index is 8.78. The van der Waals surface area contributed by atoms with E-state index in [0.717, 1.165) is 15.7 Å². The van der Waals surface area contributed by atoms with Crippen molar-refractivity contribution in [2.24, 2.45) is 0 Å². The molecule has 0 bridgehead atoms. The van der Waals surface area contributed by atoms with Crippen LogP contribution in [-0.4, -0.2) is 9.78 Å². The van der Waals surface area contributed by atoms with Crippen molar-refractivity contribution in [1.29, 1.82) is 5.26 Å². The first-order valence-corrected chi connectivity index (χ1v) is 5.94. The van der Waals surface area contributed by atoms with Gasteiger partial charge in [-0.05, 0) is 52.8 Å². The van der Waals surface area contributed by atoms with E-state index in [2.05, 4.69) is 33.8 Å². The van der Waals surface area contributed by atoms with Crippen molar-refractivity contribution in [2.75, 3.05) is 0 Å². The molecule has 80 valence electrons. The van der Waals surface area contributed by atoms with Crippen LogP contribution < -0.4 is 0 Å². The predicted octanol–water partition coefficient (Wildman–Crippen LogP) is 2.72. The van der Waals surface area contributed by atoms with Gasteiger partial charge in [-0.3, -0.25) is 4.68 Å². The fourth-order valence-electron chi connectivity index (χ4n) is 1.54. The minimum Gasteiger partial charge on any atom is -0.267 e. The van der Waals surface area contributed by atoms with Crippen LogP contribution >= 0.6 is 22.6 Å². The summed E-state index contributed by atoms with van der Waals surface area (Å²) in [5.74, 6) is 0. The number of nitriles is 1. The predicted molar refractivity (Wildman–Crippen MR) is 69.9 cm³/mol. The van der Waals surface area contributed by atoms with Crippen molar-refractivity contribution < 1.29 is 0 Å². The third-order valence-corrected chi connectivity index (χ3v) is 2.96. The summed E-state index contributed by atoms with van der Waals surface area (Å²) in [5.41, 5.74) is 3.03. The highest BCUT2D eigenvalue weighted by Gasteiger charge is 2.02. The van der Waals surface area contributed by atoms with Crippen LogP contribution in [0.25, 0.3) is 0 Å².